The lowest BCUT2D eigenvalue weighted by atomic mass is 10.2. The van der Waals surface area contributed by atoms with Crippen molar-refractivity contribution in [3.05, 3.63) is 47.0 Å². The number of nitrogens with two attached hydrogens (primary N) is 1. The minimum absolute atomic E-state index is 0.0289. The van der Waals surface area contributed by atoms with Crippen LogP contribution in [0.15, 0.2) is 33.6 Å². The highest BCUT2D eigenvalue weighted by Crippen LogP contribution is 2.29. The predicted molar refractivity (Wildman–Crippen MR) is 118 cm³/mol. The molecule has 0 saturated carbocycles. The molecule has 3 N–H and O–H groups in total. The fourth-order valence-corrected chi connectivity index (χ4v) is 4.38. The largest absolute Gasteiger partial charge is 0.462 e. The van der Waals surface area contributed by atoms with Gasteiger partial charge in [-0.05, 0) is 45.9 Å². The van der Waals surface area contributed by atoms with Crippen molar-refractivity contribution >= 4 is 38.9 Å². The van der Waals surface area contributed by atoms with E-state index in [0.717, 1.165) is 0 Å². The number of carbonyl (C=O) groups excluding carboxylic acids is 2. The first-order valence-electron chi connectivity index (χ1n) is 10.1. The van der Waals surface area contributed by atoms with Gasteiger partial charge >= 0.3 is 11.9 Å². The van der Waals surface area contributed by atoms with Crippen molar-refractivity contribution in [3.8, 4) is 0 Å². The summed E-state index contributed by atoms with van der Waals surface area (Å²) in [7, 11) is -3.77. The van der Waals surface area contributed by atoms with Crippen molar-refractivity contribution in [1.82, 2.24) is 14.7 Å². The van der Waals surface area contributed by atoms with Crippen LogP contribution in [0.2, 0.25) is 0 Å². The lowest BCUT2D eigenvalue weighted by Crippen LogP contribution is -2.30. The van der Waals surface area contributed by atoms with Crippen LogP contribution in [-0.4, -0.2) is 43.0 Å². The highest BCUT2D eigenvalue weighted by Gasteiger charge is 2.24. The Bertz CT molecular complexity index is 1320. The average molecular weight is 477 g/mol. The number of sulfonamides is 1. The van der Waals surface area contributed by atoms with Crippen molar-refractivity contribution in [2.75, 3.05) is 12.3 Å². The van der Waals surface area contributed by atoms with Crippen molar-refractivity contribution < 1.29 is 31.9 Å². The molecule has 0 saturated heterocycles. The van der Waals surface area contributed by atoms with E-state index in [2.05, 4.69) is 14.7 Å². The molecule has 0 bridgehead atoms. The van der Waals surface area contributed by atoms with Crippen LogP contribution < -0.4 is 10.5 Å². The molecule has 33 heavy (non-hydrogen) atoms. The molecule has 2 heterocycles. The van der Waals surface area contributed by atoms with Gasteiger partial charge in [-0.1, -0.05) is 6.07 Å². The van der Waals surface area contributed by atoms with Crippen molar-refractivity contribution in [2.24, 2.45) is 0 Å². The summed E-state index contributed by atoms with van der Waals surface area (Å²) < 4.78 is 42.9. The van der Waals surface area contributed by atoms with Crippen LogP contribution in [0.1, 0.15) is 53.1 Å². The number of hydrogen-bond acceptors (Lipinski definition) is 10. The van der Waals surface area contributed by atoms with Gasteiger partial charge in [-0.3, -0.25) is 0 Å². The molecule has 1 aromatic carbocycles. The number of benzene rings is 1. The molecule has 0 amide bonds. The predicted octanol–water partition coefficient (Wildman–Crippen LogP) is 2.33. The van der Waals surface area contributed by atoms with Gasteiger partial charge in [0, 0.05) is 6.04 Å². The molecule has 0 aliphatic rings. The van der Waals surface area contributed by atoms with E-state index in [4.69, 9.17) is 19.6 Å². The summed E-state index contributed by atoms with van der Waals surface area (Å²) in [4.78, 5) is 32.9. The molecule has 0 spiro atoms. The molecular formula is C21H24N4O7S. The molecule has 0 radical (unpaired) electrons. The number of nitrogens with one attached hydrogen (secondary N) is 1. The Morgan fingerprint density at radius 2 is 1.91 bits per heavy atom. The number of anilines is 1. The Hall–Kier alpha value is -3.51. The van der Waals surface area contributed by atoms with Crippen LogP contribution in [0.25, 0.3) is 11.1 Å². The Kier molecular flexibility index (Phi) is 6.98. The fourth-order valence-electron chi connectivity index (χ4n) is 3.08. The molecule has 176 valence electrons. The molecule has 3 rings (SSSR count). The van der Waals surface area contributed by atoms with Crippen LogP contribution in [0.4, 0.5) is 5.82 Å². The number of hydrogen-bond donors (Lipinski definition) is 2. The zero-order chi connectivity index (χ0) is 24.3. The summed E-state index contributed by atoms with van der Waals surface area (Å²) in [6, 6.07) is 5.15. The first-order valence-corrected chi connectivity index (χ1v) is 11.5. The summed E-state index contributed by atoms with van der Waals surface area (Å²) in [5, 5.41) is 0.219. The molecule has 0 atom stereocenters. The van der Waals surface area contributed by atoms with Gasteiger partial charge in [-0.25, -0.2) is 27.7 Å². The lowest BCUT2D eigenvalue weighted by molar-refractivity contribution is 0.0461. The van der Waals surface area contributed by atoms with E-state index in [9.17, 15) is 18.0 Å². The van der Waals surface area contributed by atoms with Crippen molar-refractivity contribution in [3.63, 3.8) is 0 Å². The van der Waals surface area contributed by atoms with E-state index >= 15 is 0 Å². The number of rotatable bonds is 8. The van der Waals surface area contributed by atoms with Gasteiger partial charge in [-0.2, -0.15) is 4.98 Å². The van der Waals surface area contributed by atoms with Gasteiger partial charge in [0.1, 0.15) is 17.1 Å². The smallest absolute Gasteiger partial charge is 0.342 e. The third kappa shape index (κ3) is 5.29. The zero-order valence-electron chi connectivity index (χ0n) is 18.5. The minimum Gasteiger partial charge on any atom is -0.462 e. The molecule has 0 fully saturated rings. The molecule has 2 aromatic heterocycles. The second kappa shape index (κ2) is 9.55. The number of fused-ring (bicyclic) bond motifs is 1. The first kappa shape index (κ1) is 24.1. The summed E-state index contributed by atoms with van der Waals surface area (Å²) >= 11 is 0. The third-order valence-corrected chi connectivity index (χ3v) is 6.04. The van der Waals surface area contributed by atoms with Gasteiger partial charge in [0.15, 0.2) is 12.4 Å². The van der Waals surface area contributed by atoms with Crippen LogP contribution in [0, 0.1) is 6.92 Å². The quantitative estimate of drug-likeness (QED) is 0.461. The minimum atomic E-state index is -3.77. The first-order chi connectivity index (χ1) is 15.5. The Morgan fingerprint density at radius 3 is 2.58 bits per heavy atom. The normalized spacial score (nSPS) is 11.7. The van der Waals surface area contributed by atoms with Gasteiger partial charge in [0.2, 0.25) is 15.7 Å². The van der Waals surface area contributed by atoms with E-state index < -0.39 is 22.0 Å². The summed E-state index contributed by atoms with van der Waals surface area (Å²) in [6.07, 6.45) is 0. The van der Waals surface area contributed by atoms with Crippen LogP contribution in [0.5, 0.6) is 0 Å². The number of ether oxygens (including phenoxy) is 2. The highest BCUT2D eigenvalue weighted by molar-refractivity contribution is 7.89. The molecule has 0 aliphatic carbocycles. The van der Waals surface area contributed by atoms with Crippen LogP contribution in [0.3, 0.4) is 0 Å². The SMILES string of the molecule is CCOC(=O)c1c(C)oc2nc(COC(=O)c3cccc(S(=O)(=O)NC(C)C)c3)nc(N)c12. The zero-order valence-corrected chi connectivity index (χ0v) is 19.4. The molecular weight excluding hydrogens is 452 g/mol. The number of nitrogens with zero attached hydrogens (tertiary/aromatic N) is 2. The van der Waals surface area contributed by atoms with Crippen LogP contribution in [-0.2, 0) is 26.1 Å². The maximum absolute atomic E-state index is 12.5. The maximum Gasteiger partial charge on any atom is 0.342 e. The average Bonchev–Trinajstić information content (AvgIpc) is 3.07. The second-order valence-electron chi connectivity index (χ2n) is 7.34. The Morgan fingerprint density at radius 1 is 1.18 bits per heavy atom. The van der Waals surface area contributed by atoms with E-state index in [1.54, 1.807) is 27.7 Å². The topological polar surface area (TPSA) is 164 Å². The lowest BCUT2D eigenvalue weighted by Gasteiger charge is -2.10. The number of furan rings is 1. The highest BCUT2D eigenvalue weighted by atomic mass is 32.2. The van der Waals surface area contributed by atoms with Crippen LogP contribution >= 0.6 is 0 Å². The van der Waals surface area contributed by atoms with E-state index in [0.29, 0.717) is 0 Å². The molecule has 12 heteroatoms. The van der Waals surface area contributed by atoms with Crippen molar-refractivity contribution in [1.29, 1.82) is 0 Å². The molecule has 0 unspecified atom stereocenters. The van der Waals surface area contributed by atoms with E-state index in [-0.39, 0.29) is 63.8 Å². The van der Waals surface area contributed by atoms with E-state index in [1.165, 1.54) is 24.3 Å². The van der Waals surface area contributed by atoms with E-state index in [1.807, 2.05) is 0 Å². The number of nitrogen functional groups attached to an aromatic ring is 1. The second-order valence-corrected chi connectivity index (χ2v) is 9.05. The number of aromatic nitrogens is 2. The van der Waals surface area contributed by atoms with Gasteiger partial charge < -0.3 is 19.6 Å². The standard InChI is InChI=1S/C21H24N4O7S/c1-5-30-21(27)16-12(4)32-19-17(16)18(22)23-15(24-19)10-31-20(26)13-7-6-8-14(9-13)33(28,29)25-11(2)3/h6-9,11,25H,5,10H2,1-4H3,(H2,22,23,24). The van der Waals surface area contributed by atoms with Gasteiger partial charge in [0.25, 0.3) is 0 Å². The summed E-state index contributed by atoms with van der Waals surface area (Å²) in [6.45, 7) is 6.45. The molecule has 11 nitrogen and oxygen atoms in total. The van der Waals surface area contributed by atoms with Gasteiger partial charge in [0.05, 0.1) is 22.5 Å². The number of aryl methyl sites for hydroxylation is 1. The Balaban J connectivity index is 1.80. The fraction of sp³-hybridized carbons (Fsp3) is 0.333. The summed E-state index contributed by atoms with van der Waals surface area (Å²) in [5.41, 5.74) is 6.23. The third-order valence-electron chi connectivity index (χ3n) is 4.38. The van der Waals surface area contributed by atoms with Gasteiger partial charge in [-0.15, -0.1) is 0 Å². The molecule has 3 aromatic rings. The maximum atomic E-state index is 12.5. The monoisotopic (exact) mass is 476 g/mol. The Labute approximate surface area is 190 Å². The molecule has 0 aliphatic heterocycles. The summed E-state index contributed by atoms with van der Waals surface area (Å²) in [5.74, 6) is -1.10. The van der Waals surface area contributed by atoms with Crippen molar-refractivity contribution in [2.45, 2.75) is 45.2 Å². The number of carbonyl (C=O) groups is 2. The number of esters is 2.